The van der Waals surface area contributed by atoms with Crippen molar-refractivity contribution in [3.05, 3.63) is 29.8 Å². The van der Waals surface area contributed by atoms with Gasteiger partial charge in [-0.2, -0.15) is 26.3 Å². The van der Waals surface area contributed by atoms with E-state index in [9.17, 15) is 35.9 Å². The zero-order valence-electron chi connectivity index (χ0n) is 14.1. The van der Waals surface area contributed by atoms with Crippen molar-refractivity contribution < 1.29 is 45.4 Å². The number of alkyl carbamates (subject to hydrolysis) is 1. The van der Waals surface area contributed by atoms with E-state index in [1.54, 1.807) is 0 Å². The number of alkyl halides is 6. The van der Waals surface area contributed by atoms with E-state index in [0.29, 0.717) is 12.1 Å². The summed E-state index contributed by atoms with van der Waals surface area (Å²) in [6.45, 7) is 1.60. The number of carbonyl (C=O) groups excluding carboxylic acids is 2. The molecule has 1 amide bonds. The summed E-state index contributed by atoms with van der Waals surface area (Å²) < 4.78 is 89.2. The number of anilines is 1. The molecule has 1 atom stereocenters. The number of para-hydroxylation sites is 1. The topological polar surface area (TPSA) is 76.7 Å². The molecule has 0 saturated heterocycles. The number of hydrogen-bond acceptors (Lipinski definition) is 5. The highest BCUT2D eigenvalue weighted by Gasteiger charge is 2.64. The van der Waals surface area contributed by atoms with E-state index in [0.717, 1.165) is 12.1 Å². The van der Waals surface area contributed by atoms with E-state index in [1.807, 2.05) is 0 Å². The number of halogens is 6. The summed E-state index contributed by atoms with van der Waals surface area (Å²) in [5.41, 5.74) is -6.57. The highest BCUT2D eigenvalue weighted by molar-refractivity contribution is 5.90. The zero-order valence-corrected chi connectivity index (χ0v) is 14.1. The number of carbonyl (C=O) groups is 2. The van der Waals surface area contributed by atoms with Crippen LogP contribution in [0.1, 0.15) is 19.4 Å². The molecule has 0 saturated carbocycles. The summed E-state index contributed by atoms with van der Waals surface area (Å²) in [5.74, 6) is -2.05. The predicted molar refractivity (Wildman–Crippen MR) is 80.6 cm³/mol. The van der Waals surface area contributed by atoms with Gasteiger partial charge in [0, 0.05) is 5.69 Å². The third-order valence-electron chi connectivity index (χ3n) is 3.13. The Hall–Kier alpha value is -2.66. The third kappa shape index (κ3) is 5.17. The maximum absolute atomic E-state index is 13.7. The van der Waals surface area contributed by atoms with E-state index >= 15 is 0 Å². The summed E-state index contributed by atoms with van der Waals surface area (Å²) in [6, 6.07) is 3.16. The Morgan fingerprint density at radius 1 is 0.963 bits per heavy atom. The standard InChI is InChI=1S/C15H16F6N2O4/c1-3-26-11(24)13(15(19,20)21,23-12(25)27-4-2)22-10-8-6-5-7-9(10)14(16,17)18/h5-8,22H,3-4H2,1-2H3,(H,23,25)/t13-/m1/s1. The van der Waals surface area contributed by atoms with Crippen LogP contribution in [0.2, 0.25) is 0 Å². The summed E-state index contributed by atoms with van der Waals surface area (Å²) in [5, 5.41) is 2.69. The Morgan fingerprint density at radius 2 is 1.52 bits per heavy atom. The molecule has 12 heteroatoms. The highest BCUT2D eigenvalue weighted by Crippen LogP contribution is 2.39. The SMILES string of the molecule is CCOC(=O)N[C@](Nc1ccccc1C(F)(F)F)(C(=O)OCC)C(F)(F)F. The maximum atomic E-state index is 13.7. The van der Waals surface area contributed by atoms with Gasteiger partial charge in [0.25, 0.3) is 0 Å². The minimum absolute atomic E-state index is 0.346. The number of hydrogen-bond donors (Lipinski definition) is 2. The van der Waals surface area contributed by atoms with Crippen molar-refractivity contribution in [1.29, 1.82) is 0 Å². The molecule has 0 unspecified atom stereocenters. The van der Waals surface area contributed by atoms with Crippen LogP contribution in [0.15, 0.2) is 24.3 Å². The van der Waals surface area contributed by atoms with E-state index in [1.165, 1.54) is 24.5 Å². The van der Waals surface area contributed by atoms with Crippen LogP contribution >= 0.6 is 0 Å². The van der Waals surface area contributed by atoms with Gasteiger partial charge in [-0.05, 0) is 26.0 Å². The fraction of sp³-hybridized carbons (Fsp3) is 0.467. The number of esters is 1. The van der Waals surface area contributed by atoms with Crippen molar-refractivity contribution >= 4 is 17.7 Å². The van der Waals surface area contributed by atoms with Crippen molar-refractivity contribution in [3.63, 3.8) is 0 Å². The Kier molecular flexibility index (Phi) is 6.93. The lowest BCUT2D eigenvalue weighted by molar-refractivity contribution is -0.205. The summed E-state index contributed by atoms with van der Waals surface area (Å²) in [7, 11) is 0. The first-order valence-corrected chi connectivity index (χ1v) is 7.52. The summed E-state index contributed by atoms with van der Waals surface area (Å²) in [6.07, 6.45) is -12.3. The molecule has 0 aliphatic rings. The molecule has 0 spiro atoms. The number of ether oxygens (including phenoxy) is 2. The quantitative estimate of drug-likeness (QED) is 0.431. The molecule has 1 aromatic carbocycles. The second kappa shape index (κ2) is 8.35. The van der Waals surface area contributed by atoms with Gasteiger partial charge in [-0.25, -0.2) is 9.59 Å². The second-order valence-corrected chi connectivity index (χ2v) is 4.98. The lowest BCUT2D eigenvalue weighted by Crippen LogP contribution is -2.69. The Morgan fingerprint density at radius 3 is 2.00 bits per heavy atom. The van der Waals surface area contributed by atoms with Gasteiger partial charge in [0.15, 0.2) is 0 Å². The third-order valence-corrected chi connectivity index (χ3v) is 3.13. The van der Waals surface area contributed by atoms with Crippen LogP contribution in [-0.4, -0.2) is 37.1 Å². The van der Waals surface area contributed by atoms with Crippen LogP contribution in [0.25, 0.3) is 0 Å². The number of amides is 1. The largest absolute Gasteiger partial charge is 0.463 e. The molecule has 1 rings (SSSR count). The number of nitrogens with one attached hydrogen (secondary N) is 2. The van der Waals surface area contributed by atoms with E-state index in [-0.39, 0.29) is 6.61 Å². The molecule has 1 aromatic rings. The van der Waals surface area contributed by atoms with Crippen molar-refractivity contribution in [3.8, 4) is 0 Å². The minimum atomic E-state index is -5.58. The molecule has 0 radical (unpaired) electrons. The first-order chi connectivity index (χ1) is 12.4. The van der Waals surface area contributed by atoms with Gasteiger partial charge in [-0.15, -0.1) is 0 Å². The first-order valence-electron chi connectivity index (χ1n) is 7.52. The van der Waals surface area contributed by atoms with E-state index in [2.05, 4.69) is 9.47 Å². The van der Waals surface area contributed by atoms with Crippen LogP contribution in [-0.2, 0) is 20.4 Å². The Balaban J connectivity index is 3.54. The fourth-order valence-corrected chi connectivity index (χ4v) is 1.99. The monoisotopic (exact) mass is 402 g/mol. The average Bonchev–Trinajstić information content (AvgIpc) is 2.53. The number of benzene rings is 1. The molecular formula is C15H16F6N2O4. The molecule has 2 N–H and O–H groups in total. The van der Waals surface area contributed by atoms with Crippen LogP contribution < -0.4 is 10.6 Å². The molecule has 0 fully saturated rings. The van der Waals surface area contributed by atoms with Crippen molar-refractivity contribution in [2.24, 2.45) is 0 Å². The van der Waals surface area contributed by atoms with Gasteiger partial charge in [-0.3, -0.25) is 5.32 Å². The molecule has 0 aliphatic carbocycles. The van der Waals surface area contributed by atoms with Gasteiger partial charge < -0.3 is 14.8 Å². The highest BCUT2D eigenvalue weighted by atomic mass is 19.4. The summed E-state index contributed by atoms with van der Waals surface area (Å²) in [4.78, 5) is 23.6. The molecule has 0 aliphatic heterocycles. The van der Waals surface area contributed by atoms with Crippen molar-refractivity contribution in [2.45, 2.75) is 31.9 Å². The summed E-state index contributed by atoms with van der Waals surface area (Å²) >= 11 is 0. The number of rotatable bonds is 6. The first kappa shape index (κ1) is 22.4. The van der Waals surface area contributed by atoms with E-state index < -0.39 is 47.9 Å². The predicted octanol–water partition coefficient (Wildman–Crippen LogP) is 3.69. The molecule has 0 aromatic heterocycles. The zero-order chi connectivity index (χ0) is 20.9. The van der Waals surface area contributed by atoms with Crippen LogP contribution in [0.5, 0.6) is 0 Å². The van der Waals surface area contributed by atoms with Gasteiger partial charge in [0.1, 0.15) is 0 Å². The normalized spacial score (nSPS) is 14.1. The molecule has 0 bridgehead atoms. The van der Waals surface area contributed by atoms with Gasteiger partial charge in [0.2, 0.25) is 0 Å². The van der Waals surface area contributed by atoms with Crippen molar-refractivity contribution in [1.82, 2.24) is 5.32 Å². The Bertz CT molecular complexity index is 677. The van der Waals surface area contributed by atoms with E-state index in [4.69, 9.17) is 0 Å². The smallest absolute Gasteiger partial charge is 0.442 e. The molecule has 27 heavy (non-hydrogen) atoms. The van der Waals surface area contributed by atoms with Gasteiger partial charge >= 0.3 is 30.1 Å². The van der Waals surface area contributed by atoms with Gasteiger partial charge in [-0.1, -0.05) is 12.1 Å². The van der Waals surface area contributed by atoms with Crippen molar-refractivity contribution in [2.75, 3.05) is 18.5 Å². The second-order valence-electron chi connectivity index (χ2n) is 4.98. The van der Waals surface area contributed by atoms with Crippen LogP contribution in [0, 0.1) is 0 Å². The lowest BCUT2D eigenvalue weighted by atomic mass is 10.1. The molecule has 152 valence electrons. The average molecular weight is 402 g/mol. The minimum Gasteiger partial charge on any atom is -0.463 e. The maximum Gasteiger partial charge on any atom is 0.442 e. The fourth-order valence-electron chi connectivity index (χ4n) is 1.99. The Labute approximate surface area is 149 Å². The van der Waals surface area contributed by atoms with Crippen LogP contribution in [0.3, 0.4) is 0 Å². The molecule has 0 heterocycles. The van der Waals surface area contributed by atoms with Gasteiger partial charge in [0.05, 0.1) is 18.8 Å². The molecule has 6 nitrogen and oxygen atoms in total. The van der Waals surface area contributed by atoms with Crippen LogP contribution in [0.4, 0.5) is 36.8 Å². The lowest BCUT2D eigenvalue weighted by Gasteiger charge is -2.35. The molecular weight excluding hydrogens is 386 g/mol.